The first-order valence-electron chi connectivity index (χ1n) is 10.1. The number of likely N-dealkylation sites (tertiary alicyclic amines) is 1. The van der Waals surface area contributed by atoms with Crippen LogP contribution >= 0.6 is 0 Å². The van der Waals surface area contributed by atoms with Crippen molar-refractivity contribution in [1.82, 2.24) is 24.6 Å². The Morgan fingerprint density at radius 1 is 1.23 bits per heavy atom. The van der Waals surface area contributed by atoms with Crippen LogP contribution < -0.4 is 10.6 Å². The number of hydrogen-bond donors (Lipinski definition) is 3. The molecule has 10 heteroatoms. The number of rotatable bonds is 4. The second-order valence-electron chi connectivity index (χ2n) is 7.98. The number of nitrogens with one attached hydrogen (secondary N) is 2. The summed E-state index contributed by atoms with van der Waals surface area (Å²) in [5.41, 5.74) is 2.00. The Labute approximate surface area is 175 Å². The van der Waals surface area contributed by atoms with Crippen LogP contribution in [0.15, 0.2) is 18.6 Å². The van der Waals surface area contributed by atoms with Crippen LogP contribution in [-0.2, 0) is 9.59 Å². The lowest BCUT2D eigenvalue weighted by Gasteiger charge is -2.31. The fraction of sp³-hybridized carbons (Fsp3) is 0.550. The van der Waals surface area contributed by atoms with Crippen LogP contribution in [0.1, 0.15) is 56.2 Å². The lowest BCUT2D eigenvalue weighted by molar-refractivity contribution is -0.123. The second-order valence-corrected chi connectivity index (χ2v) is 7.98. The number of carbonyl (C=O) groups excluding carboxylic acids is 1. The van der Waals surface area contributed by atoms with E-state index in [4.69, 9.17) is 9.90 Å². The molecule has 1 saturated heterocycles. The van der Waals surface area contributed by atoms with Crippen molar-refractivity contribution in [2.75, 3.05) is 30.8 Å². The molecule has 0 bridgehead atoms. The minimum atomic E-state index is -0.250. The molecule has 2 aliphatic rings. The molecule has 10 nitrogen and oxygen atoms in total. The summed E-state index contributed by atoms with van der Waals surface area (Å²) in [6.07, 6.45) is 8.02. The standard InChI is InChI=1S/C19H27N7O.CH2O2/c1-12(2)23-19-20-9-13(10-21-19)15-8-17(27)24-18-16(15)11-22-26(18)14-4-6-25(3)7-5-14;2-1-3/h9-12,14-15H,4-8H2,1-3H3,(H,24,27)(H,20,21,23);1H,(H,2,3). The fourth-order valence-corrected chi connectivity index (χ4v) is 3.90. The summed E-state index contributed by atoms with van der Waals surface area (Å²) in [6.45, 7) is 5.95. The molecule has 4 rings (SSSR count). The van der Waals surface area contributed by atoms with Crippen LogP contribution in [0.4, 0.5) is 11.8 Å². The van der Waals surface area contributed by atoms with Crippen molar-refractivity contribution in [3.63, 3.8) is 0 Å². The molecular formula is C20H29N7O3. The molecule has 1 fully saturated rings. The molecule has 162 valence electrons. The predicted octanol–water partition coefficient (Wildman–Crippen LogP) is 1.93. The number of aromatic nitrogens is 4. The molecule has 0 spiro atoms. The number of nitrogens with zero attached hydrogens (tertiary/aromatic N) is 5. The largest absolute Gasteiger partial charge is 0.483 e. The summed E-state index contributed by atoms with van der Waals surface area (Å²) in [4.78, 5) is 31.9. The Morgan fingerprint density at radius 3 is 2.47 bits per heavy atom. The first kappa shape index (κ1) is 21.7. The van der Waals surface area contributed by atoms with Gasteiger partial charge in [-0.25, -0.2) is 14.6 Å². The maximum Gasteiger partial charge on any atom is 0.290 e. The van der Waals surface area contributed by atoms with Crippen molar-refractivity contribution in [3.8, 4) is 0 Å². The topological polar surface area (TPSA) is 125 Å². The van der Waals surface area contributed by atoms with E-state index in [1.807, 2.05) is 37.1 Å². The Morgan fingerprint density at radius 2 is 1.87 bits per heavy atom. The van der Waals surface area contributed by atoms with Gasteiger partial charge in [0.05, 0.1) is 12.2 Å². The molecule has 30 heavy (non-hydrogen) atoms. The number of hydrogen-bond acceptors (Lipinski definition) is 7. The number of carboxylic acid groups (broad SMARTS) is 1. The molecule has 1 amide bonds. The van der Waals surface area contributed by atoms with Gasteiger partial charge in [-0.05, 0) is 52.4 Å². The molecule has 4 heterocycles. The van der Waals surface area contributed by atoms with E-state index in [9.17, 15) is 4.79 Å². The third-order valence-corrected chi connectivity index (χ3v) is 5.37. The molecule has 0 aliphatic carbocycles. The SMILES string of the molecule is CC(C)Nc1ncc(C2CC(=O)Nc3c2cnn3C2CCN(C)CC2)cn1.O=CO. The highest BCUT2D eigenvalue weighted by Gasteiger charge is 2.32. The van der Waals surface area contributed by atoms with Crippen LogP contribution in [0.5, 0.6) is 0 Å². The van der Waals surface area contributed by atoms with Gasteiger partial charge in [-0.2, -0.15) is 5.10 Å². The van der Waals surface area contributed by atoms with Crippen molar-refractivity contribution in [2.45, 2.75) is 51.1 Å². The molecule has 1 atom stereocenters. The summed E-state index contributed by atoms with van der Waals surface area (Å²) in [7, 11) is 2.14. The van der Waals surface area contributed by atoms with E-state index in [0.29, 0.717) is 18.4 Å². The van der Waals surface area contributed by atoms with Crippen molar-refractivity contribution < 1.29 is 14.7 Å². The second kappa shape index (κ2) is 9.66. The van der Waals surface area contributed by atoms with Crippen molar-refractivity contribution in [2.24, 2.45) is 0 Å². The quantitative estimate of drug-likeness (QED) is 0.647. The number of piperidine rings is 1. The Balaban J connectivity index is 0.000000806. The number of fused-ring (bicyclic) bond motifs is 1. The van der Waals surface area contributed by atoms with Crippen LogP contribution in [0.2, 0.25) is 0 Å². The van der Waals surface area contributed by atoms with Gasteiger partial charge in [-0.3, -0.25) is 9.59 Å². The minimum Gasteiger partial charge on any atom is -0.483 e. The van der Waals surface area contributed by atoms with Gasteiger partial charge in [0.25, 0.3) is 6.47 Å². The normalized spacial score (nSPS) is 19.5. The van der Waals surface area contributed by atoms with Gasteiger partial charge in [0.15, 0.2) is 0 Å². The third-order valence-electron chi connectivity index (χ3n) is 5.37. The summed E-state index contributed by atoms with van der Waals surface area (Å²) in [5, 5.41) is 17.8. The highest BCUT2D eigenvalue weighted by atomic mass is 16.3. The molecule has 0 saturated carbocycles. The molecule has 0 aromatic carbocycles. The maximum absolute atomic E-state index is 12.4. The zero-order valence-corrected chi connectivity index (χ0v) is 17.6. The zero-order valence-electron chi connectivity index (χ0n) is 17.6. The van der Waals surface area contributed by atoms with E-state index in [1.54, 1.807) is 0 Å². The molecule has 2 aliphatic heterocycles. The van der Waals surface area contributed by atoms with E-state index in [2.05, 4.69) is 37.6 Å². The number of amides is 1. The summed E-state index contributed by atoms with van der Waals surface area (Å²) < 4.78 is 2.02. The van der Waals surface area contributed by atoms with Gasteiger partial charge in [-0.1, -0.05) is 0 Å². The van der Waals surface area contributed by atoms with Gasteiger partial charge in [0.1, 0.15) is 5.82 Å². The fourth-order valence-electron chi connectivity index (χ4n) is 3.90. The highest BCUT2D eigenvalue weighted by molar-refractivity contribution is 5.94. The molecule has 3 N–H and O–H groups in total. The molecule has 0 radical (unpaired) electrons. The Kier molecular flexibility index (Phi) is 6.99. The molecule has 2 aromatic rings. The monoisotopic (exact) mass is 415 g/mol. The van der Waals surface area contributed by atoms with Crippen molar-refractivity contribution in [1.29, 1.82) is 0 Å². The van der Waals surface area contributed by atoms with Crippen LogP contribution in [0.25, 0.3) is 0 Å². The molecular weight excluding hydrogens is 386 g/mol. The lowest BCUT2D eigenvalue weighted by atomic mass is 9.89. The first-order valence-corrected chi connectivity index (χ1v) is 10.1. The smallest absolute Gasteiger partial charge is 0.290 e. The van der Waals surface area contributed by atoms with E-state index < -0.39 is 0 Å². The molecule has 1 unspecified atom stereocenters. The summed E-state index contributed by atoms with van der Waals surface area (Å²) >= 11 is 0. The Bertz CT molecular complexity index is 858. The van der Waals surface area contributed by atoms with E-state index >= 15 is 0 Å². The highest BCUT2D eigenvalue weighted by Crippen LogP contribution is 2.39. The van der Waals surface area contributed by atoms with Gasteiger partial charge < -0.3 is 20.6 Å². The van der Waals surface area contributed by atoms with Crippen LogP contribution in [0.3, 0.4) is 0 Å². The van der Waals surface area contributed by atoms with Crippen LogP contribution in [0, 0.1) is 0 Å². The van der Waals surface area contributed by atoms with Crippen LogP contribution in [-0.4, -0.2) is 68.3 Å². The molecule has 2 aromatic heterocycles. The maximum atomic E-state index is 12.4. The van der Waals surface area contributed by atoms with Gasteiger partial charge >= 0.3 is 0 Å². The van der Waals surface area contributed by atoms with Gasteiger partial charge in [0.2, 0.25) is 11.9 Å². The van der Waals surface area contributed by atoms with Gasteiger partial charge in [-0.15, -0.1) is 0 Å². The average Bonchev–Trinajstić information content (AvgIpc) is 3.12. The summed E-state index contributed by atoms with van der Waals surface area (Å²) in [5.74, 6) is 1.42. The lowest BCUT2D eigenvalue weighted by Crippen LogP contribution is -2.33. The number of anilines is 2. The Hall–Kier alpha value is -3.01. The van der Waals surface area contributed by atoms with Crippen molar-refractivity contribution in [3.05, 3.63) is 29.7 Å². The summed E-state index contributed by atoms with van der Waals surface area (Å²) in [6, 6.07) is 0.605. The third kappa shape index (κ3) is 4.93. The average molecular weight is 415 g/mol. The first-order chi connectivity index (χ1) is 14.4. The van der Waals surface area contributed by atoms with E-state index in [-0.39, 0.29) is 24.3 Å². The van der Waals surface area contributed by atoms with E-state index in [1.165, 1.54) is 0 Å². The van der Waals surface area contributed by atoms with E-state index in [0.717, 1.165) is 42.9 Å². The number of carbonyl (C=O) groups is 2. The zero-order chi connectivity index (χ0) is 21.7. The van der Waals surface area contributed by atoms with Crippen molar-refractivity contribution >= 4 is 24.1 Å². The minimum absolute atomic E-state index is 0.0200. The predicted molar refractivity (Wildman–Crippen MR) is 113 cm³/mol. The van der Waals surface area contributed by atoms with Gasteiger partial charge in [0, 0.05) is 36.3 Å².